The Morgan fingerprint density at radius 3 is 2.41 bits per heavy atom. The van der Waals surface area contributed by atoms with Gasteiger partial charge in [-0.1, -0.05) is 5.16 Å². The zero-order chi connectivity index (χ0) is 26.4. The first-order valence-corrected chi connectivity index (χ1v) is 11.6. The molecular formula is C25H26F2N6O4. The molecule has 1 atom stereocenters. The van der Waals surface area contributed by atoms with Crippen LogP contribution in [0.25, 0.3) is 0 Å². The van der Waals surface area contributed by atoms with Gasteiger partial charge in [-0.25, -0.2) is 13.6 Å². The van der Waals surface area contributed by atoms with Crippen molar-refractivity contribution in [1.29, 1.82) is 0 Å². The molecule has 4 heterocycles. The van der Waals surface area contributed by atoms with Crippen molar-refractivity contribution in [1.82, 2.24) is 19.8 Å². The summed E-state index contributed by atoms with van der Waals surface area (Å²) in [5, 5.41) is 8.29. The molecule has 0 N–H and O–H groups in total. The van der Waals surface area contributed by atoms with Crippen LogP contribution in [0.1, 0.15) is 22.7 Å². The minimum Gasteiger partial charge on any atom is -0.493 e. The van der Waals surface area contributed by atoms with Crippen LogP contribution >= 0.6 is 0 Å². The van der Waals surface area contributed by atoms with Crippen LogP contribution in [0.4, 0.5) is 19.3 Å². The Hall–Kier alpha value is -4.22. The third kappa shape index (κ3) is 4.21. The van der Waals surface area contributed by atoms with E-state index in [-0.39, 0.29) is 30.5 Å². The lowest BCUT2D eigenvalue weighted by Crippen LogP contribution is -2.54. The standard InChI is InChI=1S/C25H26F2N6O4/c1-13-6-16(37-30-13)11-32-19-7-18(17-12-31(3)29-14(17)2)28-9-15(19)10-33(25(32)34)24-22(26)20(35-4)8-21(36-5)23(24)27/h6-8,12,15H,9-11H2,1-5H3. The molecule has 10 nitrogen and oxygen atoms in total. The summed E-state index contributed by atoms with van der Waals surface area (Å²) in [6.07, 6.45) is 3.69. The van der Waals surface area contributed by atoms with Crippen molar-refractivity contribution >= 4 is 17.4 Å². The molecule has 1 saturated heterocycles. The molecule has 0 aliphatic carbocycles. The number of aliphatic imine (C=N–C) groups is 1. The van der Waals surface area contributed by atoms with Gasteiger partial charge in [-0.3, -0.25) is 19.5 Å². The molecule has 2 aliphatic heterocycles. The molecule has 37 heavy (non-hydrogen) atoms. The normalized spacial score (nSPS) is 17.5. The highest BCUT2D eigenvalue weighted by Crippen LogP contribution is 2.41. The van der Waals surface area contributed by atoms with Crippen LogP contribution < -0.4 is 14.4 Å². The topological polar surface area (TPSA) is 98.2 Å². The SMILES string of the molecule is COc1cc(OC)c(F)c(N2CC3CN=C(c4cn(C)nc4C)C=C3N(Cc3cc(C)no3)C2=O)c1F. The molecule has 12 heteroatoms. The third-order valence-electron chi connectivity index (χ3n) is 6.46. The van der Waals surface area contributed by atoms with Crippen LogP contribution in [0.3, 0.4) is 0 Å². The van der Waals surface area contributed by atoms with Crippen LogP contribution in [-0.4, -0.2) is 58.9 Å². The van der Waals surface area contributed by atoms with Gasteiger partial charge in [0.2, 0.25) is 0 Å². The van der Waals surface area contributed by atoms with Gasteiger partial charge >= 0.3 is 6.03 Å². The molecule has 1 aromatic carbocycles. The van der Waals surface area contributed by atoms with E-state index in [1.165, 1.54) is 19.1 Å². The van der Waals surface area contributed by atoms with Crippen LogP contribution in [-0.2, 0) is 13.6 Å². The number of rotatable bonds is 6. The predicted molar refractivity (Wildman–Crippen MR) is 130 cm³/mol. The van der Waals surface area contributed by atoms with Gasteiger partial charge in [0, 0.05) is 55.6 Å². The number of methoxy groups -OCH3 is 2. The first-order valence-electron chi connectivity index (χ1n) is 11.6. The van der Waals surface area contributed by atoms with Gasteiger partial charge in [-0.05, 0) is 19.9 Å². The lowest BCUT2D eigenvalue weighted by molar-refractivity contribution is 0.191. The molecule has 5 rings (SSSR count). The second-order valence-electron chi connectivity index (χ2n) is 8.97. The second-order valence-corrected chi connectivity index (χ2v) is 8.97. The molecule has 0 spiro atoms. The summed E-state index contributed by atoms with van der Waals surface area (Å²) in [7, 11) is 4.34. The van der Waals surface area contributed by atoms with Crippen molar-refractivity contribution in [2.24, 2.45) is 18.0 Å². The van der Waals surface area contributed by atoms with E-state index in [9.17, 15) is 4.79 Å². The lowest BCUT2D eigenvalue weighted by Gasteiger charge is -2.42. The van der Waals surface area contributed by atoms with Gasteiger partial charge in [0.05, 0.1) is 37.9 Å². The number of allylic oxidation sites excluding steroid dienone is 1. The maximum absolute atomic E-state index is 15.4. The van der Waals surface area contributed by atoms with E-state index in [0.717, 1.165) is 22.2 Å². The average Bonchev–Trinajstić information content (AvgIpc) is 3.44. The van der Waals surface area contributed by atoms with Gasteiger partial charge in [-0.2, -0.15) is 5.10 Å². The van der Waals surface area contributed by atoms with E-state index >= 15 is 8.78 Å². The summed E-state index contributed by atoms with van der Waals surface area (Å²) >= 11 is 0. The minimum atomic E-state index is -0.997. The Bertz CT molecular complexity index is 1410. The Kier molecular flexibility index (Phi) is 6.18. The second kappa shape index (κ2) is 9.34. The van der Waals surface area contributed by atoms with Gasteiger partial charge in [0.15, 0.2) is 28.9 Å². The zero-order valence-electron chi connectivity index (χ0n) is 21.1. The number of ether oxygens (including phenoxy) is 2. The number of hydrogen-bond acceptors (Lipinski definition) is 7. The number of amides is 2. The van der Waals surface area contributed by atoms with Crippen molar-refractivity contribution in [3.63, 3.8) is 0 Å². The van der Waals surface area contributed by atoms with Gasteiger partial charge in [0.25, 0.3) is 0 Å². The molecule has 0 radical (unpaired) electrons. The Morgan fingerprint density at radius 1 is 1.14 bits per heavy atom. The van der Waals surface area contributed by atoms with Crippen molar-refractivity contribution < 1.29 is 27.6 Å². The van der Waals surface area contributed by atoms with E-state index in [4.69, 9.17) is 19.0 Å². The van der Waals surface area contributed by atoms with Gasteiger partial charge < -0.3 is 14.0 Å². The monoisotopic (exact) mass is 512 g/mol. The van der Waals surface area contributed by atoms with E-state index in [0.29, 0.717) is 29.4 Å². The highest BCUT2D eigenvalue weighted by atomic mass is 19.1. The first kappa shape index (κ1) is 24.5. The molecule has 3 aromatic rings. The van der Waals surface area contributed by atoms with Crippen LogP contribution in [0.2, 0.25) is 0 Å². The summed E-state index contributed by atoms with van der Waals surface area (Å²) in [4.78, 5) is 21.1. The average molecular weight is 513 g/mol. The predicted octanol–water partition coefficient (Wildman–Crippen LogP) is 3.77. The fourth-order valence-electron chi connectivity index (χ4n) is 4.73. The molecule has 0 saturated carbocycles. The maximum atomic E-state index is 15.4. The summed E-state index contributed by atoms with van der Waals surface area (Å²) in [5.74, 6) is -2.38. The number of hydrogen-bond donors (Lipinski definition) is 0. The van der Waals surface area contributed by atoms with Crippen molar-refractivity contribution in [3.05, 3.63) is 64.4 Å². The number of anilines is 1. The quantitative estimate of drug-likeness (QED) is 0.499. The van der Waals surface area contributed by atoms with Crippen molar-refractivity contribution in [2.75, 3.05) is 32.2 Å². The largest absolute Gasteiger partial charge is 0.493 e. The number of aryl methyl sites for hydroxylation is 3. The number of carbonyl (C=O) groups is 1. The highest BCUT2D eigenvalue weighted by Gasteiger charge is 2.42. The maximum Gasteiger partial charge on any atom is 0.329 e. The number of aromatic nitrogens is 3. The van der Waals surface area contributed by atoms with E-state index in [1.807, 2.05) is 26.2 Å². The number of dihydropyridines is 1. The Labute approximate surface area is 211 Å². The summed E-state index contributed by atoms with van der Waals surface area (Å²) in [6.45, 7) is 3.97. The Balaban J connectivity index is 1.60. The molecule has 1 fully saturated rings. The van der Waals surface area contributed by atoms with E-state index < -0.39 is 23.4 Å². The number of benzene rings is 1. The summed E-state index contributed by atoms with van der Waals surface area (Å²) in [6, 6.07) is 2.19. The lowest BCUT2D eigenvalue weighted by atomic mass is 9.94. The number of fused-ring (bicyclic) bond motifs is 1. The fraction of sp³-hybridized carbons (Fsp3) is 0.360. The molecule has 194 valence electrons. The molecular weight excluding hydrogens is 486 g/mol. The molecule has 2 amide bonds. The Morgan fingerprint density at radius 2 is 1.84 bits per heavy atom. The number of halogens is 2. The van der Waals surface area contributed by atoms with Crippen molar-refractivity contribution in [2.45, 2.75) is 20.4 Å². The third-order valence-corrected chi connectivity index (χ3v) is 6.46. The molecule has 2 aliphatic rings. The van der Waals surface area contributed by atoms with Crippen molar-refractivity contribution in [3.8, 4) is 11.5 Å². The van der Waals surface area contributed by atoms with Gasteiger partial charge in [0.1, 0.15) is 5.69 Å². The van der Waals surface area contributed by atoms with Crippen LogP contribution in [0, 0.1) is 31.4 Å². The first-order chi connectivity index (χ1) is 17.7. The summed E-state index contributed by atoms with van der Waals surface area (Å²) < 4.78 is 48.0. The van der Waals surface area contributed by atoms with Gasteiger partial charge in [-0.15, -0.1) is 0 Å². The molecule has 1 unspecified atom stereocenters. The van der Waals surface area contributed by atoms with E-state index in [1.54, 1.807) is 17.7 Å². The van der Waals surface area contributed by atoms with Crippen LogP contribution in [0.15, 0.2) is 39.6 Å². The number of carbonyl (C=O) groups excluding carboxylic acids is 1. The zero-order valence-corrected chi connectivity index (χ0v) is 21.1. The van der Waals surface area contributed by atoms with E-state index in [2.05, 4.69) is 10.3 Å². The highest BCUT2D eigenvalue weighted by molar-refractivity contribution is 6.11. The fourth-order valence-corrected chi connectivity index (χ4v) is 4.73. The minimum absolute atomic E-state index is 0.00353. The number of urea groups is 1. The smallest absolute Gasteiger partial charge is 0.329 e. The molecule has 2 aromatic heterocycles. The molecule has 0 bridgehead atoms. The number of nitrogens with zero attached hydrogens (tertiary/aromatic N) is 6. The summed E-state index contributed by atoms with van der Waals surface area (Å²) in [5.41, 5.74) is 3.08. The van der Waals surface area contributed by atoms with Crippen LogP contribution in [0.5, 0.6) is 11.5 Å².